The van der Waals surface area contributed by atoms with Gasteiger partial charge in [0, 0.05) is 5.41 Å². The molecule has 120 valence electrons. The van der Waals surface area contributed by atoms with Gasteiger partial charge < -0.3 is 10.1 Å². The van der Waals surface area contributed by atoms with Crippen LogP contribution in [-0.4, -0.2) is 11.6 Å². The third-order valence-electron chi connectivity index (χ3n) is 5.78. The summed E-state index contributed by atoms with van der Waals surface area (Å²) < 4.78 is 6.13. The van der Waals surface area contributed by atoms with E-state index in [4.69, 9.17) is 4.74 Å². The molecule has 2 saturated heterocycles. The molecule has 0 aromatic heterocycles. The maximum atomic E-state index is 12.8. The number of amides is 1. The number of ether oxygens (including phenoxy) is 1. The van der Waals surface area contributed by atoms with Gasteiger partial charge >= 0.3 is 0 Å². The fraction of sp³-hybridized carbons (Fsp3) is 0.444. The van der Waals surface area contributed by atoms with Crippen LogP contribution in [0.4, 0.5) is 0 Å². The summed E-state index contributed by atoms with van der Waals surface area (Å²) in [5.74, 6) is -0.640. The van der Waals surface area contributed by atoms with Gasteiger partial charge in [-0.1, -0.05) is 44.2 Å². The minimum atomic E-state index is -1.97. The summed E-state index contributed by atoms with van der Waals surface area (Å²) in [5.41, 5.74) is -5.48. The fourth-order valence-electron chi connectivity index (χ4n) is 4.01. The number of fused-ring (bicyclic) bond motifs is 2. The Morgan fingerprint density at radius 2 is 1.62 bits per heavy atom. The maximum absolute atomic E-state index is 12.8. The highest BCUT2D eigenvalue weighted by Crippen LogP contribution is 2.69. The zero-order valence-electron chi connectivity index (χ0n) is 13.6. The number of hydrogen-bond acceptors (Lipinski definition) is 5. The van der Waals surface area contributed by atoms with Gasteiger partial charge in [0.1, 0.15) is 11.8 Å². The molecule has 3 atom stereocenters. The quantitative estimate of drug-likeness (QED) is 0.852. The highest BCUT2D eigenvalue weighted by molar-refractivity contribution is 5.93. The van der Waals surface area contributed by atoms with E-state index in [1.54, 1.807) is 51.1 Å². The summed E-state index contributed by atoms with van der Waals surface area (Å²) in [5, 5.41) is 32.6. The molecule has 24 heavy (non-hydrogen) atoms. The Hall–Kier alpha value is -2.88. The third kappa shape index (κ3) is 1.39. The van der Waals surface area contributed by atoms with Crippen LogP contribution in [0.25, 0.3) is 0 Å². The predicted molar refractivity (Wildman–Crippen MR) is 82.3 cm³/mol. The average Bonchev–Trinajstić information content (AvgIpc) is 2.67. The minimum Gasteiger partial charge on any atom is -0.345 e. The van der Waals surface area contributed by atoms with Crippen molar-refractivity contribution in [3.8, 4) is 18.2 Å². The van der Waals surface area contributed by atoms with Crippen molar-refractivity contribution < 1.29 is 9.53 Å². The molecule has 2 bridgehead atoms. The molecule has 0 spiro atoms. The Balaban J connectivity index is 2.39. The SMILES string of the molecule is CC1(C)[C@]2(C#N)C(=O)N[C@]1(C)O[C@@H](c1ccccc1)C2(C#N)C#N. The van der Waals surface area contributed by atoms with Gasteiger partial charge in [-0.15, -0.1) is 0 Å². The number of nitrogens with one attached hydrogen (secondary N) is 1. The van der Waals surface area contributed by atoms with Gasteiger partial charge in [-0.25, -0.2) is 0 Å². The molecule has 6 nitrogen and oxygen atoms in total. The summed E-state index contributed by atoms with van der Waals surface area (Å²) in [4.78, 5) is 12.8. The lowest BCUT2D eigenvalue weighted by Gasteiger charge is -2.54. The van der Waals surface area contributed by atoms with Gasteiger partial charge in [-0.05, 0) is 12.5 Å². The van der Waals surface area contributed by atoms with Gasteiger partial charge in [0.15, 0.2) is 5.41 Å². The van der Waals surface area contributed by atoms with Crippen LogP contribution in [0.3, 0.4) is 0 Å². The second-order valence-electron chi connectivity index (χ2n) is 6.91. The van der Waals surface area contributed by atoms with Crippen molar-refractivity contribution >= 4 is 5.91 Å². The van der Waals surface area contributed by atoms with Crippen molar-refractivity contribution in [2.75, 3.05) is 0 Å². The number of nitrogens with zero attached hydrogens (tertiary/aromatic N) is 3. The molecule has 0 unspecified atom stereocenters. The molecule has 2 aliphatic heterocycles. The molecule has 0 saturated carbocycles. The molecular weight excluding hydrogens is 304 g/mol. The first-order valence-corrected chi connectivity index (χ1v) is 7.55. The van der Waals surface area contributed by atoms with E-state index in [1.165, 1.54) is 0 Å². The molecule has 0 radical (unpaired) electrons. The second kappa shape index (κ2) is 4.57. The van der Waals surface area contributed by atoms with Gasteiger partial charge in [0.05, 0.1) is 18.2 Å². The van der Waals surface area contributed by atoms with Crippen molar-refractivity contribution in [1.82, 2.24) is 5.32 Å². The molecule has 1 amide bonds. The van der Waals surface area contributed by atoms with Gasteiger partial charge in [-0.2, -0.15) is 15.8 Å². The van der Waals surface area contributed by atoms with Crippen molar-refractivity contribution in [2.45, 2.75) is 32.6 Å². The normalized spacial score (nSPS) is 35.2. The average molecular weight is 320 g/mol. The Morgan fingerprint density at radius 3 is 2.12 bits per heavy atom. The summed E-state index contributed by atoms with van der Waals surface area (Å²) in [6.07, 6.45) is -1.02. The van der Waals surface area contributed by atoms with Crippen LogP contribution < -0.4 is 5.32 Å². The molecule has 1 aromatic carbocycles. The summed E-state index contributed by atoms with van der Waals surface area (Å²) in [6, 6.07) is 14.7. The van der Waals surface area contributed by atoms with E-state index in [0.29, 0.717) is 5.56 Å². The molecule has 0 aliphatic carbocycles. The van der Waals surface area contributed by atoms with E-state index < -0.39 is 34.0 Å². The van der Waals surface area contributed by atoms with Crippen LogP contribution in [0.5, 0.6) is 0 Å². The first kappa shape index (κ1) is 16.0. The number of hydrogen-bond donors (Lipinski definition) is 1. The van der Waals surface area contributed by atoms with Gasteiger partial charge in [0.2, 0.25) is 11.3 Å². The number of rotatable bonds is 1. The third-order valence-corrected chi connectivity index (χ3v) is 5.78. The Morgan fingerprint density at radius 1 is 1.04 bits per heavy atom. The van der Waals surface area contributed by atoms with Crippen LogP contribution in [0.2, 0.25) is 0 Å². The highest BCUT2D eigenvalue weighted by Gasteiger charge is 2.82. The lowest BCUT2D eigenvalue weighted by atomic mass is 9.48. The van der Waals surface area contributed by atoms with Crippen molar-refractivity contribution in [3.05, 3.63) is 35.9 Å². The minimum absolute atomic E-state index is 0.582. The van der Waals surface area contributed by atoms with E-state index in [0.717, 1.165) is 0 Å². The molecule has 1 N–H and O–H groups in total. The Bertz CT molecular complexity index is 829. The standard InChI is InChI=1S/C18H16N4O2/c1-15(2)16(3)22-14(23)18(15,11-21)17(9-19,10-20)13(24-16)12-7-5-4-6-8-12/h4-8,13H,1-3H3,(H,22,23)/t13-,16+,18-/m0/s1. The van der Waals surface area contributed by atoms with Crippen LogP contribution >= 0.6 is 0 Å². The Kier molecular flexibility index (Phi) is 3.05. The second-order valence-corrected chi connectivity index (χ2v) is 6.91. The number of carbonyl (C=O) groups excluding carboxylic acids is 1. The highest BCUT2D eigenvalue weighted by atomic mass is 16.5. The first-order valence-electron chi connectivity index (χ1n) is 7.55. The van der Waals surface area contributed by atoms with E-state index in [2.05, 4.69) is 5.32 Å². The number of benzene rings is 1. The molecule has 6 heteroatoms. The van der Waals surface area contributed by atoms with Crippen molar-refractivity contribution in [1.29, 1.82) is 15.8 Å². The first-order chi connectivity index (χ1) is 11.3. The van der Waals surface area contributed by atoms with Gasteiger partial charge in [0.25, 0.3) is 0 Å². The maximum Gasteiger partial charge on any atom is 0.246 e. The zero-order chi connectivity index (χ0) is 17.8. The summed E-state index contributed by atoms with van der Waals surface area (Å²) >= 11 is 0. The van der Waals surface area contributed by atoms with Crippen LogP contribution in [0, 0.1) is 50.2 Å². The van der Waals surface area contributed by atoms with E-state index in [9.17, 15) is 20.6 Å². The van der Waals surface area contributed by atoms with Crippen LogP contribution in [0.15, 0.2) is 30.3 Å². The van der Waals surface area contributed by atoms with Crippen LogP contribution in [-0.2, 0) is 9.53 Å². The van der Waals surface area contributed by atoms with Crippen molar-refractivity contribution in [2.24, 2.45) is 16.2 Å². The van der Waals surface area contributed by atoms with E-state index >= 15 is 0 Å². The fourth-order valence-corrected chi connectivity index (χ4v) is 4.01. The molecule has 3 rings (SSSR count). The summed E-state index contributed by atoms with van der Waals surface area (Å²) in [7, 11) is 0. The molecule has 2 heterocycles. The lowest BCUT2D eigenvalue weighted by molar-refractivity contribution is -0.240. The molecule has 2 aliphatic rings. The topological polar surface area (TPSA) is 110 Å². The molecule has 1 aromatic rings. The number of carbonyl (C=O) groups is 1. The predicted octanol–water partition coefficient (Wildman–Crippen LogP) is 2.17. The van der Waals surface area contributed by atoms with E-state index in [1.807, 2.05) is 18.2 Å². The van der Waals surface area contributed by atoms with Crippen molar-refractivity contribution in [3.63, 3.8) is 0 Å². The zero-order valence-corrected chi connectivity index (χ0v) is 13.6. The Labute approximate surface area is 140 Å². The van der Waals surface area contributed by atoms with Crippen LogP contribution in [0.1, 0.15) is 32.4 Å². The van der Waals surface area contributed by atoms with E-state index in [-0.39, 0.29) is 0 Å². The largest absolute Gasteiger partial charge is 0.345 e. The smallest absolute Gasteiger partial charge is 0.246 e. The number of nitriles is 3. The lowest BCUT2D eigenvalue weighted by Crippen LogP contribution is -2.64. The monoisotopic (exact) mass is 320 g/mol. The molecular formula is C18H16N4O2. The molecule has 2 fully saturated rings. The van der Waals surface area contributed by atoms with Gasteiger partial charge in [-0.3, -0.25) is 4.79 Å². The summed E-state index contributed by atoms with van der Waals surface area (Å²) in [6.45, 7) is 5.04.